The van der Waals surface area contributed by atoms with E-state index in [0.717, 1.165) is 6.07 Å². The number of aromatic amines is 1. The predicted octanol–water partition coefficient (Wildman–Crippen LogP) is 3.44. The molecule has 0 aliphatic carbocycles. The number of nitrogens with one attached hydrogen (secondary N) is 3. The second kappa shape index (κ2) is 10.6. The maximum Gasteiger partial charge on any atom is 0.418 e. The number of alkyl carbamates (subject to hydrolysis) is 1. The van der Waals surface area contributed by atoms with Gasteiger partial charge in [0.1, 0.15) is 11.1 Å². The Morgan fingerprint density at radius 2 is 1.86 bits per heavy atom. The van der Waals surface area contributed by atoms with E-state index in [-0.39, 0.29) is 29.8 Å². The molecule has 0 saturated carbocycles. The lowest BCUT2D eigenvalue weighted by molar-refractivity contribution is -0.136. The lowest BCUT2D eigenvalue weighted by Gasteiger charge is -2.32. The van der Waals surface area contributed by atoms with E-state index in [0.29, 0.717) is 38.0 Å². The molecule has 0 radical (unpaired) electrons. The maximum atomic E-state index is 13.2. The number of amides is 3. The van der Waals surface area contributed by atoms with Gasteiger partial charge in [-0.2, -0.15) is 18.3 Å². The molecule has 2 aliphatic heterocycles. The first-order chi connectivity index (χ1) is 17.1. The van der Waals surface area contributed by atoms with Crippen molar-refractivity contribution in [1.82, 2.24) is 20.4 Å². The second-order valence-corrected chi connectivity index (χ2v) is 8.92. The molecule has 14 heteroatoms. The van der Waals surface area contributed by atoms with Gasteiger partial charge in [0.05, 0.1) is 29.7 Å². The summed E-state index contributed by atoms with van der Waals surface area (Å²) in [5, 5.41) is 11.1. The first-order valence-electron chi connectivity index (χ1n) is 11.3. The van der Waals surface area contributed by atoms with E-state index in [1.165, 1.54) is 29.3 Å². The molecule has 36 heavy (non-hydrogen) atoms. The van der Waals surface area contributed by atoms with Gasteiger partial charge in [-0.05, 0) is 25.0 Å². The number of hydrogen-bond acceptors (Lipinski definition) is 6. The van der Waals surface area contributed by atoms with Crippen LogP contribution in [0.5, 0.6) is 0 Å². The summed E-state index contributed by atoms with van der Waals surface area (Å²) in [5.74, 6) is 0. The number of carbonyl (C=O) groups is 2. The van der Waals surface area contributed by atoms with E-state index >= 15 is 0 Å². The lowest BCUT2D eigenvalue weighted by atomic mass is 10.1. The molecule has 2 aromatic rings. The van der Waals surface area contributed by atoms with Crippen LogP contribution in [0.3, 0.4) is 0 Å². The maximum absolute atomic E-state index is 13.2. The molecule has 0 spiro atoms. The van der Waals surface area contributed by atoms with E-state index in [9.17, 15) is 27.6 Å². The zero-order valence-electron chi connectivity index (χ0n) is 19.0. The van der Waals surface area contributed by atoms with Gasteiger partial charge in [-0.1, -0.05) is 23.7 Å². The Hall–Kier alpha value is -3.48. The molecular weight excluding hydrogens is 505 g/mol. The third kappa shape index (κ3) is 6.01. The van der Waals surface area contributed by atoms with Gasteiger partial charge in [-0.3, -0.25) is 4.79 Å². The number of ether oxygens (including phenoxy) is 1. The standard InChI is InChI=1S/C22H24ClF3N6O4/c23-18-17(11-27-30-19(18)33)32-10-7-14(12-32)36-21(35)28-13-5-8-31(9-6-13)20(34)29-16-4-2-1-3-15(16)22(24,25)26/h1-4,11,13-14H,5-10,12H2,(H,28,35)(H,29,34)(H,30,33)/t14-/m1/s1. The van der Waals surface area contributed by atoms with Crippen molar-refractivity contribution < 1.29 is 27.5 Å². The van der Waals surface area contributed by atoms with Crippen LogP contribution >= 0.6 is 11.6 Å². The fraction of sp³-hybridized carbons (Fsp3) is 0.455. The minimum Gasteiger partial charge on any atom is -0.444 e. The minimum absolute atomic E-state index is 0.0211. The number of alkyl halides is 3. The highest BCUT2D eigenvalue weighted by atomic mass is 35.5. The Morgan fingerprint density at radius 3 is 2.58 bits per heavy atom. The third-order valence-electron chi connectivity index (χ3n) is 6.11. The number of hydrogen-bond donors (Lipinski definition) is 3. The van der Waals surface area contributed by atoms with E-state index in [1.807, 2.05) is 4.90 Å². The lowest BCUT2D eigenvalue weighted by Crippen LogP contribution is -2.48. The van der Waals surface area contributed by atoms with Crippen molar-refractivity contribution in [2.75, 3.05) is 36.4 Å². The largest absolute Gasteiger partial charge is 0.444 e. The monoisotopic (exact) mass is 528 g/mol. The van der Waals surface area contributed by atoms with Crippen LogP contribution in [0.2, 0.25) is 5.02 Å². The topological polar surface area (TPSA) is 120 Å². The highest BCUT2D eigenvalue weighted by Gasteiger charge is 2.34. The zero-order valence-corrected chi connectivity index (χ0v) is 19.7. The molecule has 0 bridgehead atoms. The van der Waals surface area contributed by atoms with Crippen molar-refractivity contribution in [2.24, 2.45) is 0 Å². The van der Waals surface area contributed by atoms with Crippen LogP contribution in [0, 0.1) is 0 Å². The number of nitrogens with zero attached hydrogens (tertiary/aromatic N) is 3. The van der Waals surface area contributed by atoms with Crippen LogP contribution in [0.4, 0.5) is 34.1 Å². The molecule has 1 aromatic heterocycles. The first-order valence-corrected chi connectivity index (χ1v) is 11.7. The smallest absolute Gasteiger partial charge is 0.418 e. The Morgan fingerprint density at radius 1 is 1.14 bits per heavy atom. The van der Waals surface area contributed by atoms with E-state index in [2.05, 4.69) is 20.8 Å². The van der Waals surface area contributed by atoms with Crippen molar-refractivity contribution in [3.63, 3.8) is 0 Å². The van der Waals surface area contributed by atoms with Crippen molar-refractivity contribution in [3.8, 4) is 0 Å². The van der Waals surface area contributed by atoms with Crippen LogP contribution in [0.25, 0.3) is 0 Å². The summed E-state index contributed by atoms with van der Waals surface area (Å²) in [6.07, 6.45) is -2.74. The summed E-state index contributed by atoms with van der Waals surface area (Å²) in [6.45, 7) is 1.41. The number of likely N-dealkylation sites (tertiary alicyclic amines) is 1. The van der Waals surface area contributed by atoms with Gasteiger partial charge in [-0.25, -0.2) is 14.7 Å². The number of para-hydroxylation sites is 1. The molecule has 2 saturated heterocycles. The van der Waals surface area contributed by atoms with Crippen LogP contribution in [-0.4, -0.2) is 65.5 Å². The van der Waals surface area contributed by atoms with Crippen molar-refractivity contribution >= 4 is 35.1 Å². The molecule has 3 heterocycles. The van der Waals surface area contributed by atoms with Gasteiger partial charge < -0.3 is 25.2 Å². The second-order valence-electron chi connectivity index (χ2n) is 8.54. The Labute approximate surface area is 208 Å². The number of anilines is 2. The predicted molar refractivity (Wildman–Crippen MR) is 125 cm³/mol. The van der Waals surface area contributed by atoms with Gasteiger partial charge >= 0.3 is 18.3 Å². The van der Waals surface area contributed by atoms with E-state index in [4.69, 9.17) is 16.3 Å². The van der Waals surface area contributed by atoms with Crippen LogP contribution in [0.1, 0.15) is 24.8 Å². The Bertz CT molecular complexity index is 1170. The van der Waals surface area contributed by atoms with Crippen molar-refractivity contribution in [3.05, 3.63) is 51.4 Å². The number of halogens is 4. The van der Waals surface area contributed by atoms with Crippen LogP contribution in [-0.2, 0) is 10.9 Å². The molecule has 4 rings (SSSR count). The number of piperidine rings is 1. The molecule has 1 aromatic carbocycles. The average Bonchev–Trinajstić information content (AvgIpc) is 3.29. The summed E-state index contributed by atoms with van der Waals surface area (Å²) in [5.41, 5.74) is -1.25. The number of carbonyl (C=O) groups excluding carboxylic acids is 2. The van der Waals surface area contributed by atoms with Gasteiger partial charge in [0, 0.05) is 32.1 Å². The first kappa shape index (κ1) is 25.6. The molecule has 3 N–H and O–H groups in total. The highest BCUT2D eigenvalue weighted by molar-refractivity contribution is 6.33. The van der Waals surface area contributed by atoms with Gasteiger partial charge in [0.2, 0.25) is 0 Å². The Kier molecular flexibility index (Phi) is 7.57. The number of benzene rings is 1. The molecule has 1 atom stereocenters. The number of urea groups is 1. The van der Waals surface area contributed by atoms with Crippen LogP contribution < -0.4 is 21.1 Å². The molecule has 0 unspecified atom stereocenters. The normalized spacial score (nSPS) is 18.7. The Balaban J connectivity index is 1.22. The number of rotatable bonds is 4. The van der Waals surface area contributed by atoms with Gasteiger partial charge in [0.15, 0.2) is 0 Å². The fourth-order valence-corrected chi connectivity index (χ4v) is 4.46. The molecule has 3 amide bonds. The summed E-state index contributed by atoms with van der Waals surface area (Å²) in [6, 6.07) is 3.91. The fourth-order valence-electron chi connectivity index (χ4n) is 4.25. The van der Waals surface area contributed by atoms with Crippen molar-refractivity contribution in [1.29, 1.82) is 0 Å². The summed E-state index contributed by atoms with van der Waals surface area (Å²) < 4.78 is 45.0. The van der Waals surface area contributed by atoms with E-state index in [1.54, 1.807) is 0 Å². The summed E-state index contributed by atoms with van der Waals surface area (Å²) in [4.78, 5) is 39.7. The third-order valence-corrected chi connectivity index (χ3v) is 6.48. The average molecular weight is 529 g/mol. The molecule has 2 fully saturated rings. The van der Waals surface area contributed by atoms with Crippen molar-refractivity contribution in [2.45, 2.75) is 37.6 Å². The summed E-state index contributed by atoms with van der Waals surface area (Å²) >= 11 is 6.03. The van der Waals surface area contributed by atoms with Gasteiger partial charge in [-0.15, -0.1) is 0 Å². The van der Waals surface area contributed by atoms with Crippen LogP contribution in [0.15, 0.2) is 35.3 Å². The quantitative estimate of drug-likeness (QED) is 0.559. The highest BCUT2D eigenvalue weighted by Crippen LogP contribution is 2.34. The number of aromatic nitrogens is 2. The zero-order chi connectivity index (χ0) is 25.9. The van der Waals surface area contributed by atoms with E-state index < -0.39 is 35.5 Å². The summed E-state index contributed by atoms with van der Waals surface area (Å²) in [7, 11) is 0. The van der Waals surface area contributed by atoms with Gasteiger partial charge in [0.25, 0.3) is 5.56 Å². The molecule has 2 aliphatic rings. The minimum atomic E-state index is -4.58. The molecule has 194 valence electrons. The molecule has 10 nitrogen and oxygen atoms in total. The molecular formula is C22H24ClF3N6O4. The number of H-pyrrole nitrogens is 1. The SMILES string of the molecule is O=C(NC1CCN(C(=O)Nc2ccccc2C(F)(F)F)CC1)O[C@@H]1CCN(c2cn[nH]c(=O)c2Cl)C1.